The molecule has 0 aromatic carbocycles. The summed E-state index contributed by atoms with van der Waals surface area (Å²) in [5, 5.41) is 2.97. The van der Waals surface area contributed by atoms with Crippen molar-refractivity contribution in [2.24, 2.45) is 5.92 Å². The molecule has 6 nitrogen and oxygen atoms in total. The van der Waals surface area contributed by atoms with Crippen LogP contribution in [0.2, 0.25) is 0 Å². The van der Waals surface area contributed by atoms with Gasteiger partial charge in [0.15, 0.2) is 0 Å². The van der Waals surface area contributed by atoms with E-state index in [2.05, 4.69) is 27.1 Å². The second-order valence-corrected chi connectivity index (χ2v) is 6.29. The molecular weight excluding hydrogens is 290 g/mol. The maximum Gasteiger partial charge on any atom is 0.224 e. The molecule has 1 N–H and O–H groups in total. The molecule has 0 bridgehead atoms. The lowest BCUT2D eigenvalue weighted by molar-refractivity contribution is -0.131. The maximum absolute atomic E-state index is 12.2. The molecule has 1 fully saturated rings. The Kier molecular flexibility index (Phi) is 6.62. The lowest BCUT2D eigenvalue weighted by atomic mass is 9.93. The Labute approximate surface area is 139 Å². The van der Waals surface area contributed by atoms with E-state index in [0.29, 0.717) is 18.3 Å². The zero-order valence-electron chi connectivity index (χ0n) is 14.6. The van der Waals surface area contributed by atoms with Gasteiger partial charge in [-0.05, 0) is 31.2 Å². The lowest BCUT2D eigenvalue weighted by Crippen LogP contribution is -2.37. The topological polar surface area (TPSA) is 61.4 Å². The quantitative estimate of drug-likeness (QED) is 0.836. The lowest BCUT2D eigenvalue weighted by Gasteiger charge is -2.33. The van der Waals surface area contributed by atoms with E-state index in [4.69, 9.17) is 0 Å². The highest BCUT2D eigenvalue weighted by molar-refractivity contribution is 5.76. The molecule has 0 radical (unpaired) electrons. The van der Waals surface area contributed by atoms with Gasteiger partial charge in [-0.3, -0.25) is 4.79 Å². The fourth-order valence-electron chi connectivity index (χ4n) is 2.93. The molecule has 0 unspecified atom stereocenters. The van der Waals surface area contributed by atoms with Crippen molar-refractivity contribution in [3.8, 4) is 0 Å². The molecule has 0 aliphatic carbocycles. The first kappa shape index (κ1) is 17.5. The van der Waals surface area contributed by atoms with Gasteiger partial charge in [-0.15, -0.1) is 0 Å². The van der Waals surface area contributed by atoms with Crippen LogP contribution < -0.4 is 10.2 Å². The zero-order chi connectivity index (χ0) is 16.7. The van der Waals surface area contributed by atoms with Crippen molar-refractivity contribution < 1.29 is 4.79 Å². The molecule has 0 spiro atoms. The van der Waals surface area contributed by atoms with E-state index in [9.17, 15) is 4.79 Å². The molecule has 1 aliphatic rings. The number of carbonyl (C=O) groups is 1. The highest BCUT2D eigenvalue weighted by Gasteiger charge is 2.23. The van der Waals surface area contributed by atoms with Crippen molar-refractivity contribution in [2.75, 3.05) is 43.9 Å². The van der Waals surface area contributed by atoms with E-state index in [-0.39, 0.29) is 5.91 Å². The second-order valence-electron chi connectivity index (χ2n) is 6.29. The number of hydrogen-bond donors (Lipinski definition) is 1. The SMILES string of the molecule is CCCCN(C)C(=O)CC1CCN(c2ccnc(NC)n2)CC1. The van der Waals surface area contributed by atoms with Gasteiger partial charge in [-0.1, -0.05) is 13.3 Å². The first-order chi connectivity index (χ1) is 11.1. The smallest absolute Gasteiger partial charge is 0.224 e. The summed E-state index contributed by atoms with van der Waals surface area (Å²) in [4.78, 5) is 25.0. The minimum absolute atomic E-state index is 0.288. The van der Waals surface area contributed by atoms with Crippen LogP contribution in [0, 0.1) is 5.92 Å². The van der Waals surface area contributed by atoms with Gasteiger partial charge in [-0.25, -0.2) is 4.98 Å². The molecule has 1 amide bonds. The van der Waals surface area contributed by atoms with Crippen molar-refractivity contribution in [3.05, 3.63) is 12.3 Å². The summed E-state index contributed by atoms with van der Waals surface area (Å²) in [6, 6.07) is 1.95. The van der Waals surface area contributed by atoms with Gasteiger partial charge in [0.2, 0.25) is 11.9 Å². The second kappa shape index (κ2) is 8.70. The van der Waals surface area contributed by atoms with Crippen molar-refractivity contribution >= 4 is 17.7 Å². The minimum atomic E-state index is 0.288. The standard InChI is InChI=1S/C17H29N5O/c1-4-5-10-21(3)16(23)13-14-7-11-22(12-8-14)15-6-9-19-17(18-2)20-15/h6,9,14H,4-5,7-8,10-13H2,1-3H3,(H,18,19,20). The fraction of sp³-hybridized carbons (Fsp3) is 0.706. The number of unbranched alkanes of at least 4 members (excludes halogenated alkanes) is 1. The van der Waals surface area contributed by atoms with Gasteiger partial charge in [0.1, 0.15) is 5.82 Å². The first-order valence-corrected chi connectivity index (χ1v) is 8.63. The first-order valence-electron chi connectivity index (χ1n) is 8.63. The Morgan fingerprint density at radius 1 is 1.43 bits per heavy atom. The van der Waals surface area contributed by atoms with Crippen LogP contribution in [0.4, 0.5) is 11.8 Å². The Morgan fingerprint density at radius 3 is 2.83 bits per heavy atom. The number of aromatic nitrogens is 2. The summed E-state index contributed by atoms with van der Waals surface area (Å²) < 4.78 is 0. The largest absolute Gasteiger partial charge is 0.357 e. The van der Waals surface area contributed by atoms with Crippen molar-refractivity contribution in [1.82, 2.24) is 14.9 Å². The summed E-state index contributed by atoms with van der Waals surface area (Å²) in [5.74, 6) is 2.40. The van der Waals surface area contributed by atoms with Crippen LogP contribution in [0.25, 0.3) is 0 Å². The molecule has 0 atom stereocenters. The highest BCUT2D eigenvalue weighted by Crippen LogP contribution is 2.24. The molecule has 128 valence electrons. The molecule has 6 heteroatoms. The third-order valence-electron chi connectivity index (χ3n) is 4.54. The van der Waals surface area contributed by atoms with Crippen LogP contribution in [-0.4, -0.2) is 54.5 Å². The predicted molar refractivity (Wildman–Crippen MR) is 93.7 cm³/mol. The number of amides is 1. The normalized spacial score (nSPS) is 15.5. The summed E-state index contributed by atoms with van der Waals surface area (Å²) >= 11 is 0. The monoisotopic (exact) mass is 319 g/mol. The van der Waals surface area contributed by atoms with Gasteiger partial charge in [0.25, 0.3) is 0 Å². The number of hydrogen-bond acceptors (Lipinski definition) is 5. The van der Waals surface area contributed by atoms with E-state index < -0.39 is 0 Å². The number of piperidine rings is 1. The maximum atomic E-state index is 12.2. The molecule has 0 saturated carbocycles. The third kappa shape index (κ3) is 5.08. The van der Waals surface area contributed by atoms with Crippen LogP contribution in [0.5, 0.6) is 0 Å². The Hall–Kier alpha value is -1.85. The van der Waals surface area contributed by atoms with Gasteiger partial charge in [0.05, 0.1) is 0 Å². The molecular formula is C17H29N5O. The summed E-state index contributed by atoms with van der Waals surface area (Å²) in [6.45, 7) is 4.94. The number of nitrogens with zero attached hydrogens (tertiary/aromatic N) is 4. The highest BCUT2D eigenvalue weighted by atomic mass is 16.2. The zero-order valence-corrected chi connectivity index (χ0v) is 14.6. The van der Waals surface area contributed by atoms with Crippen LogP contribution in [0.1, 0.15) is 39.0 Å². The summed E-state index contributed by atoms with van der Waals surface area (Å²) in [7, 11) is 3.75. The van der Waals surface area contributed by atoms with Gasteiger partial charge < -0.3 is 15.1 Å². The Morgan fingerprint density at radius 2 is 2.17 bits per heavy atom. The van der Waals surface area contributed by atoms with Crippen molar-refractivity contribution in [2.45, 2.75) is 39.0 Å². The van der Waals surface area contributed by atoms with Crippen LogP contribution in [0.3, 0.4) is 0 Å². The molecule has 2 heterocycles. The van der Waals surface area contributed by atoms with E-state index >= 15 is 0 Å². The van der Waals surface area contributed by atoms with Crippen molar-refractivity contribution in [3.63, 3.8) is 0 Å². The van der Waals surface area contributed by atoms with Crippen LogP contribution in [0.15, 0.2) is 12.3 Å². The average Bonchev–Trinajstić information content (AvgIpc) is 2.60. The van der Waals surface area contributed by atoms with E-state index in [1.807, 2.05) is 25.1 Å². The fourth-order valence-corrected chi connectivity index (χ4v) is 2.93. The Balaban J connectivity index is 1.80. The number of nitrogens with one attached hydrogen (secondary N) is 1. The number of rotatable bonds is 7. The van der Waals surface area contributed by atoms with E-state index in [0.717, 1.165) is 51.1 Å². The molecule has 1 saturated heterocycles. The molecule has 2 rings (SSSR count). The predicted octanol–water partition coefficient (Wildman–Crippen LogP) is 2.38. The third-order valence-corrected chi connectivity index (χ3v) is 4.54. The Bertz CT molecular complexity index is 500. The minimum Gasteiger partial charge on any atom is -0.357 e. The number of carbonyl (C=O) groups excluding carboxylic acids is 1. The van der Waals surface area contributed by atoms with Gasteiger partial charge in [-0.2, -0.15) is 4.98 Å². The van der Waals surface area contributed by atoms with Crippen LogP contribution in [-0.2, 0) is 4.79 Å². The van der Waals surface area contributed by atoms with Crippen LogP contribution >= 0.6 is 0 Å². The van der Waals surface area contributed by atoms with Crippen molar-refractivity contribution in [1.29, 1.82) is 0 Å². The van der Waals surface area contributed by atoms with Gasteiger partial charge >= 0.3 is 0 Å². The van der Waals surface area contributed by atoms with Gasteiger partial charge in [0, 0.05) is 46.3 Å². The molecule has 23 heavy (non-hydrogen) atoms. The van der Waals surface area contributed by atoms with E-state index in [1.54, 1.807) is 6.20 Å². The van der Waals surface area contributed by atoms with E-state index in [1.165, 1.54) is 0 Å². The molecule has 1 aliphatic heterocycles. The molecule has 1 aromatic heterocycles. The summed E-state index contributed by atoms with van der Waals surface area (Å²) in [5.41, 5.74) is 0. The molecule has 1 aromatic rings. The summed E-state index contributed by atoms with van der Waals surface area (Å²) in [6.07, 6.45) is 6.77. The number of anilines is 2. The average molecular weight is 319 g/mol.